The van der Waals surface area contributed by atoms with E-state index < -0.39 is 54.5 Å². The normalized spacial score (nSPS) is 14.3. The molecule has 0 aliphatic carbocycles. The van der Waals surface area contributed by atoms with Crippen molar-refractivity contribution in [3.63, 3.8) is 0 Å². The lowest BCUT2D eigenvalue weighted by molar-refractivity contribution is -0.142. The highest BCUT2D eigenvalue weighted by Crippen LogP contribution is 2.08. The number of aliphatic hydroxyl groups is 1. The van der Waals surface area contributed by atoms with Crippen molar-refractivity contribution in [2.75, 3.05) is 25.2 Å². The molecule has 0 spiro atoms. The second kappa shape index (κ2) is 16.9. The van der Waals surface area contributed by atoms with E-state index in [1.165, 1.54) is 11.8 Å². The van der Waals surface area contributed by atoms with Crippen LogP contribution in [-0.2, 0) is 25.6 Å². The Morgan fingerprint density at radius 1 is 0.914 bits per heavy atom. The number of amides is 3. The van der Waals surface area contributed by atoms with Crippen LogP contribution in [0.15, 0.2) is 30.3 Å². The van der Waals surface area contributed by atoms with Crippen LogP contribution in [0.4, 0.5) is 0 Å². The molecule has 0 aliphatic rings. The van der Waals surface area contributed by atoms with Gasteiger partial charge in [-0.05, 0) is 49.8 Å². The van der Waals surface area contributed by atoms with Crippen molar-refractivity contribution in [3.8, 4) is 0 Å². The largest absolute Gasteiger partial charge is 0.480 e. The first-order valence-corrected chi connectivity index (χ1v) is 12.9. The van der Waals surface area contributed by atoms with Gasteiger partial charge in [0, 0.05) is 6.42 Å². The molecule has 12 heteroatoms. The molecule has 0 aromatic heterocycles. The quantitative estimate of drug-likeness (QED) is 0.128. The van der Waals surface area contributed by atoms with Crippen LogP contribution in [-0.4, -0.2) is 83.2 Å². The van der Waals surface area contributed by atoms with Crippen LogP contribution in [0.5, 0.6) is 0 Å². The molecule has 1 rings (SSSR count). The minimum Gasteiger partial charge on any atom is -0.480 e. The van der Waals surface area contributed by atoms with E-state index in [1.54, 1.807) is 24.3 Å². The fourth-order valence-corrected chi connectivity index (χ4v) is 3.69. The summed E-state index contributed by atoms with van der Waals surface area (Å²) < 4.78 is 0. The summed E-state index contributed by atoms with van der Waals surface area (Å²) >= 11 is 1.46. The zero-order valence-electron chi connectivity index (χ0n) is 19.9. The van der Waals surface area contributed by atoms with Crippen molar-refractivity contribution < 1.29 is 29.4 Å². The van der Waals surface area contributed by atoms with E-state index in [1.807, 2.05) is 12.3 Å². The molecule has 3 amide bonds. The topological polar surface area (TPSA) is 197 Å². The molecule has 0 aliphatic heterocycles. The number of aliphatic hydroxyl groups excluding tert-OH is 1. The van der Waals surface area contributed by atoms with Gasteiger partial charge in [-0.1, -0.05) is 30.3 Å². The summed E-state index contributed by atoms with van der Waals surface area (Å²) in [5.74, 6) is -2.59. The van der Waals surface area contributed by atoms with E-state index in [9.17, 15) is 24.3 Å². The van der Waals surface area contributed by atoms with Gasteiger partial charge in [0.2, 0.25) is 17.7 Å². The highest BCUT2D eigenvalue weighted by Gasteiger charge is 2.30. The van der Waals surface area contributed by atoms with Crippen LogP contribution in [0, 0.1) is 0 Å². The van der Waals surface area contributed by atoms with Gasteiger partial charge in [-0.15, -0.1) is 0 Å². The number of carboxylic acids is 1. The molecule has 4 unspecified atom stereocenters. The summed E-state index contributed by atoms with van der Waals surface area (Å²) in [4.78, 5) is 50.0. The Hall–Kier alpha value is -2.67. The third kappa shape index (κ3) is 11.5. The maximum atomic E-state index is 13.1. The zero-order chi connectivity index (χ0) is 26.2. The van der Waals surface area contributed by atoms with E-state index in [-0.39, 0.29) is 19.3 Å². The number of unbranched alkanes of at least 4 members (excludes halogenated alkanes) is 1. The standard InChI is InChI=1S/C23H37N5O6S/c1-35-12-10-18(23(33)34)27-22(32)19(13-15-7-3-2-4-8-15)28-21(31)17(9-5-6-11-24)26-20(30)16(25)14-29/h2-4,7-8,16-19,29H,5-6,9-14,24-25H2,1H3,(H,26,30)(H,27,32)(H,28,31)(H,33,34). The minimum absolute atomic E-state index is 0.118. The lowest BCUT2D eigenvalue weighted by Crippen LogP contribution is -2.58. The molecule has 0 heterocycles. The molecule has 196 valence electrons. The number of thioether (sulfide) groups is 1. The minimum atomic E-state index is -1.20. The molecule has 4 atom stereocenters. The third-order valence-corrected chi connectivity index (χ3v) is 5.90. The number of hydrogen-bond acceptors (Lipinski definition) is 8. The molecule has 11 nitrogen and oxygen atoms in total. The van der Waals surface area contributed by atoms with Crippen molar-refractivity contribution in [2.24, 2.45) is 11.5 Å². The predicted molar refractivity (Wildman–Crippen MR) is 135 cm³/mol. The number of benzene rings is 1. The Morgan fingerprint density at radius 3 is 2.09 bits per heavy atom. The van der Waals surface area contributed by atoms with Crippen LogP contribution in [0.25, 0.3) is 0 Å². The average Bonchev–Trinajstić information content (AvgIpc) is 2.85. The second-order valence-electron chi connectivity index (χ2n) is 8.07. The Balaban J connectivity index is 3.07. The molecule has 9 N–H and O–H groups in total. The first-order chi connectivity index (χ1) is 16.7. The fourth-order valence-electron chi connectivity index (χ4n) is 3.22. The van der Waals surface area contributed by atoms with Crippen LogP contribution < -0.4 is 27.4 Å². The molecular weight excluding hydrogens is 474 g/mol. The third-order valence-electron chi connectivity index (χ3n) is 5.25. The monoisotopic (exact) mass is 511 g/mol. The molecule has 0 bridgehead atoms. The first kappa shape index (κ1) is 30.4. The van der Waals surface area contributed by atoms with Gasteiger partial charge in [-0.2, -0.15) is 11.8 Å². The van der Waals surface area contributed by atoms with Gasteiger partial charge in [0.1, 0.15) is 24.2 Å². The van der Waals surface area contributed by atoms with Crippen LogP contribution in [0.2, 0.25) is 0 Å². The molecule has 0 saturated heterocycles. The van der Waals surface area contributed by atoms with E-state index in [4.69, 9.17) is 16.6 Å². The number of nitrogens with two attached hydrogens (primary N) is 2. The predicted octanol–water partition coefficient (Wildman–Crippen LogP) is -1.03. The molecule has 0 fully saturated rings. The maximum Gasteiger partial charge on any atom is 0.326 e. The number of nitrogens with one attached hydrogen (secondary N) is 3. The Bertz CT molecular complexity index is 813. The summed E-state index contributed by atoms with van der Waals surface area (Å²) in [5.41, 5.74) is 11.8. The summed E-state index contributed by atoms with van der Waals surface area (Å²) in [6, 6.07) is 4.57. The Kier molecular flexibility index (Phi) is 14.6. The van der Waals surface area contributed by atoms with Gasteiger partial charge in [-0.3, -0.25) is 14.4 Å². The lowest BCUT2D eigenvalue weighted by atomic mass is 10.0. The van der Waals surface area contributed by atoms with Crippen molar-refractivity contribution in [3.05, 3.63) is 35.9 Å². The van der Waals surface area contributed by atoms with E-state index >= 15 is 0 Å². The van der Waals surface area contributed by atoms with Crippen molar-refractivity contribution in [2.45, 2.75) is 56.3 Å². The van der Waals surface area contributed by atoms with E-state index in [0.717, 1.165) is 5.56 Å². The average molecular weight is 512 g/mol. The maximum absolute atomic E-state index is 13.1. The van der Waals surface area contributed by atoms with E-state index in [0.29, 0.717) is 25.1 Å². The van der Waals surface area contributed by atoms with Gasteiger partial charge < -0.3 is 37.6 Å². The second-order valence-corrected chi connectivity index (χ2v) is 9.05. The number of carbonyl (C=O) groups is 4. The highest BCUT2D eigenvalue weighted by molar-refractivity contribution is 7.98. The molecule has 1 aromatic rings. The SMILES string of the molecule is CSCCC(NC(=O)C(Cc1ccccc1)NC(=O)C(CCCCN)NC(=O)C(N)CO)C(=O)O. The first-order valence-electron chi connectivity index (χ1n) is 11.5. The summed E-state index contributed by atoms with van der Waals surface area (Å²) in [7, 11) is 0. The van der Waals surface area contributed by atoms with Crippen molar-refractivity contribution in [1.29, 1.82) is 0 Å². The molecule has 35 heavy (non-hydrogen) atoms. The molecule has 1 aromatic carbocycles. The van der Waals surface area contributed by atoms with Crippen LogP contribution >= 0.6 is 11.8 Å². The summed E-state index contributed by atoms with van der Waals surface area (Å²) in [6.07, 6.45) is 3.58. The zero-order valence-corrected chi connectivity index (χ0v) is 20.8. The van der Waals surface area contributed by atoms with Gasteiger partial charge >= 0.3 is 5.97 Å². The number of hydrogen-bond donors (Lipinski definition) is 7. The van der Waals surface area contributed by atoms with Gasteiger partial charge in [0.15, 0.2) is 0 Å². The highest BCUT2D eigenvalue weighted by atomic mass is 32.2. The van der Waals surface area contributed by atoms with Gasteiger partial charge in [0.25, 0.3) is 0 Å². The van der Waals surface area contributed by atoms with Crippen LogP contribution in [0.3, 0.4) is 0 Å². The van der Waals surface area contributed by atoms with Gasteiger partial charge in [0.05, 0.1) is 6.61 Å². The van der Waals surface area contributed by atoms with Crippen LogP contribution in [0.1, 0.15) is 31.2 Å². The number of carboxylic acid groups (broad SMARTS) is 1. The summed E-state index contributed by atoms with van der Waals surface area (Å²) in [6.45, 7) is -0.182. The molecular formula is C23H37N5O6S. The lowest BCUT2D eigenvalue weighted by Gasteiger charge is -2.25. The van der Waals surface area contributed by atoms with Crippen molar-refractivity contribution >= 4 is 35.5 Å². The van der Waals surface area contributed by atoms with E-state index in [2.05, 4.69) is 16.0 Å². The molecule has 0 saturated carbocycles. The van der Waals surface area contributed by atoms with Gasteiger partial charge in [-0.25, -0.2) is 4.79 Å². The smallest absolute Gasteiger partial charge is 0.326 e. The summed E-state index contributed by atoms with van der Waals surface area (Å²) in [5, 5.41) is 26.3. The number of carbonyl (C=O) groups excluding carboxylic acids is 3. The number of aliphatic carboxylic acids is 1. The molecule has 0 radical (unpaired) electrons. The Morgan fingerprint density at radius 2 is 1.51 bits per heavy atom. The van der Waals surface area contributed by atoms with Crippen molar-refractivity contribution in [1.82, 2.24) is 16.0 Å². The fraction of sp³-hybridized carbons (Fsp3) is 0.565. The Labute approximate surface area is 209 Å². The number of rotatable bonds is 17.